The Bertz CT molecular complexity index is 412. The van der Waals surface area contributed by atoms with E-state index in [4.69, 9.17) is 0 Å². The average molecular weight is 299 g/mol. The van der Waals surface area contributed by atoms with Crippen molar-refractivity contribution in [3.63, 3.8) is 0 Å². The summed E-state index contributed by atoms with van der Waals surface area (Å²) in [5, 5.41) is 1.98. The van der Waals surface area contributed by atoms with Gasteiger partial charge in [0.25, 0.3) is 0 Å². The zero-order valence-electron chi connectivity index (χ0n) is 9.12. The Kier molecular flexibility index (Phi) is 2.92. The second-order valence-electron chi connectivity index (χ2n) is 5.16. The molecule has 0 saturated heterocycles. The Hall–Kier alpha value is -0.150. The summed E-state index contributed by atoms with van der Waals surface area (Å²) in [6.45, 7) is 0. The van der Waals surface area contributed by atoms with Crippen LogP contribution in [0.3, 0.4) is 0 Å². The summed E-state index contributed by atoms with van der Waals surface area (Å²) in [5.41, 5.74) is 0. The van der Waals surface area contributed by atoms with Gasteiger partial charge in [0.05, 0.1) is 4.88 Å². The maximum Gasteiger partial charge on any atom is 0.174 e. The van der Waals surface area contributed by atoms with E-state index in [1.165, 1.54) is 25.7 Å². The molecule has 0 amide bonds. The van der Waals surface area contributed by atoms with Crippen LogP contribution in [-0.2, 0) is 0 Å². The van der Waals surface area contributed by atoms with Crippen LogP contribution in [-0.4, -0.2) is 5.78 Å². The van der Waals surface area contributed by atoms with Crippen molar-refractivity contribution < 1.29 is 4.79 Å². The first-order valence-electron chi connectivity index (χ1n) is 6.00. The van der Waals surface area contributed by atoms with Crippen LogP contribution in [0.1, 0.15) is 41.8 Å². The average Bonchev–Trinajstić information content (AvgIpc) is 2.92. The highest BCUT2D eigenvalue weighted by Crippen LogP contribution is 2.50. The van der Waals surface area contributed by atoms with Crippen LogP contribution < -0.4 is 0 Å². The summed E-state index contributed by atoms with van der Waals surface area (Å²) in [6, 6.07) is 1.97. The first-order valence-corrected chi connectivity index (χ1v) is 7.67. The van der Waals surface area contributed by atoms with Crippen LogP contribution >= 0.6 is 27.3 Å². The third-order valence-electron chi connectivity index (χ3n) is 4.20. The van der Waals surface area contributed by atoms with Gasteiger partial charge < -0.3 is 0 Å². The van der Waals surface area contributed by atoms with Crippen molar-refractivity contribution in [3.05, 3.63) is 20.8 Å². The van der Waals surface area contributed by atoms with Crippen LogP contribution in [0.15, 0.2) is 15.9 Å². The molecule has 3 rings (SSSR count). The van der Waals surface area contributed by atoms with Gasteiger partial charge in [0.15, 0.2) is 5.78 Å². The fourth-order valence-electron chi connectivity index (χ4n) is 3.45. The van der Waals surface area contributed by atoms with Crippen LogP contribution in [0.5, 0.6) is 0 Å². The summed E-state index contributed by atoms with van der Waals surface area (Å²) in [7, 11) is 0. The standard InChI is InChI=1S/C13H15BrOS/c14-11-3-4-16-13(11)12(15)7-10-6-8-1-2-9(10)5-8/h3-4,8-10H,1-2,5-7H2. The Labute approximate surface area is 108 Å². The Morgan fingerprint density at radius 1 is 1.44 bits per heavy atom. The van der Waals surface area contributed by atoms with Gasteiger partial charge in [-0.15, -0.1) is 11.3 Å². The predicted molar refractivity (Wildman–Crippen MR) is 69.9 cm³/mol. The van der Waals surface area contributed by atoms with Crippen molar-refractivity contribution in [3.8, 4) is 0 Å². The molecule has 3 atom stereocenters. The van der Waals surface area contributed by atoms with Gasteiger partial charge in [-0.3, -0.25) is 4.79 Å². The second-order valence-corrected chi connectivity index (χ2v) is 6.93. The normalized spacial score (nSPS) is 32.2. The van der Waals surface area contributed by atoms with Gasteiger partial charge in [-0.2, -0.15) is 0 Å². The topological polar surface area (TPSA) is 17.1 Å². The molecule has 0 aromatic carbocycles. The van der Waals surface area contributed by atoms with E-state index in [0.29, 0.717) is 11.7 Å². The molecule has 0 radical (unpaired) electrons. The van der Waals surface area contributed by atoms with Gasteiger partial charge in [0, 0.05) is 10.9 Å². The fourth-order valence-corrected chi connectivity index (χ4v) is 4.99. The van der Waals surface area contributed by atoms with E-state index in [0.717, 1.165) is 27.6 Å². The molecule has 3 heteroatoms. The lowest BCUT2D eigenvalue weighted by Crippen LogP contribution is -2.14. The molecule has 0 spiro atoms. The van der Waals surface area contributed by atoms with E-state index in [1.807, 2.05) is 11.4 Å². The number of hydrogen-bond acceptors (Lipinski definition) is 2. The monoisotopic (exact) mass is 298 g/mol. The van der Waals surface area contributed by atoms with Crippen molar-refractivity contribution in [2.75, 3.05) is 0 Å². The Morgan fingerprint density at radius 3 is 2.88 bits per heavy atom. The maximum absolute atomic E-state index is 12.1. The van der Waals surface area contributed by atoms with Crippen LogP contribution in [0.4, 0.5) is 0 Å². The number of ketones is 1. The summed E-state index contributed by atoms with van der Waals surface area (Å²) in [4.78, 5) is 13.1. The maximum atomic E-state index is 12.1. The molecule has 2 bridgehead atoms. The number of hydrogen-bond donors (Lipinski definition) is 0. The quantitative estimate of drug-likeness (QED) is 0.750. The van der Waals surface area contributed by atoms with E-state index < -0.39 is 0 Å². The summed E-state index contributed by atoms with van der Waals surface area (Å²) in [5.74, 6) is 2.82. The van der Waals surface area contributed by atoms with E-state index in [9.17, 15) is 4.79 Å². The van der Waals surface area contributed by atoms with Gasteiger partial charge >= 0.3 is 0 Å². The SMILES string of the molecule is O=C(CC1CC2CCC1C2)c1sccc1Br. The number of carbonyl (C=O) groups is 1. The molecule has 16 heavy (non-hydrogen) atoms. The molecule has 1 heterocycles. The summed E-state index contributed by atoms with van der Waals surface area (Å²) in [6.07, 6.45) is 6.26. The minimum absolute atomic E-state index is 0.347. The molecular weight excluding hydrogens is 284 g/mol. The smallest absolute Gasteiger partial charge is 0.174 e. The van der Waals surface area contributed by atoms with Gasteiger partial charge in [0.1, 0.15) is 0 Å². The predicted octanol–water partition coefficient (Wildman–Crippen LogP) is 4.52. The lowest BCUT2D eigenvalue weighted by molar-refractivity contribution is 0.0947. The number of Topliss-reactive ketones (excluding diaryl/α,β-unsaturated/α-hetero) is 1. The number of thiophene rings is 1. The highest BCUT2D eigenvalue weighted by atomic mass is 79.9. The van der Waals surface area contributed by atoms with Crippen molar-refractivity contribution >= 4 is 33.0 Å². The first kappa shape index (κ1) is 11.0. The van der Waals surface area contributed by atoms with Gasteiger partial charge in [0.2, 0.25) is 0 Å². The van der Waals surface area contributed by atoms with Crippen molar-refractivity contribution in [1.82, 2.24) is 0 Å². The molecule has 3 unspecified atom stereocenters. The molecule has 2 fully saturated rings. The van der Waals surface area contributed by atoms with Crippen LogP contribution in [0, 0.1) is 17.8 Å². The van der Waals surface area contributed by atoms with Gasteiger partial charge in [-0.05, 0) is 64.4 Å². The number of rotatable bonds is 3. The molecule has 0 N–H and O–H groups in total. The lowest BCUT2D eigenvalue weighted by Gasteiger charge is -2.20. The van der Waals surface area contributed by atoms with Crippen LogP contribution in [0.2, 0.25) is 0 Å². The molecule has 1 aromatic heterocycles. The van der Waals surface area contributed by atoms with Crippen LogP contribution in [0.25, 0.3) is 0 Å². The van der Waals surface area contributed by atoms with Gasteiger partial charge in [-0.1, -0.05) is 6.42 Å². The minimum Gasteiger partial charge on any atom is -0.293 e. The molecule has 1 nitrogen and oxygen atoms in total. The highest BCUT2D eigenvalue weighted by molar-refractivity contribution is 9.10. The third kappa shape index (κ3) is 1.88. The first-order chi connectivity index (χ1) is 7.74. The third-order valence-corrected chi connectivity index (χ3v) is 6.08. The molecular formula is C13H15BrOS. The van der Waals surface area contributed by atoms with E-state index in [-0.39, 0.29) is 0 Å². The molecule has 1 aromatic rings. The van der Waals surface area contributed by atoms with E-state index >= 15 is 0 Å². The lowest BCUT2D eigenvalue weighted by atomic mass is 9.85. The number of carbonyl (C=O) groups excluding carboxylic acids is 1. The molecule has 86 valence electrons. The summed E-state index contributed by atoms with van der Waals surface area (Å²) < 4.78 is 0.977. The van der Waals surface area contributed by atoms with Gasteiger partial charge in [-0.25, -0.2) is 0 Å². The molecule has 0 aliphatic heterocycles. The largest absolute Gasteiger partial charge is 0.293 e. The number of fused-ring (bicyclic) bond motifs is 2. The highest BCUT2D eigenvalue weighted by Gasteiger charge is 2.40. The summed E-state index contributed by atoms with van der Waals surface area (Å²) >= 11 is 5.01. The zero-order valence-corrected chi connectivity index (χ0v) is 11.5. The van der Waals surface area contributed by atoms with Crippen molar-refractivity contribution in [1.29, 1.82) is 0 Å². The van der Waals surface area contributed by atoms with Crippen molar-refractivity contribution in [2.24, 2.45) is 17.8 Å². The van der Waals surface area contributed by atoms with E-state index in [2.05, 4.69) is 15.9 Å². The minimum atomic E-state index is 0.347. The Morgan fingerprint density at radius 2 is 2.31 bits per heavy atom. The Balaban J connectivity index is 1.67. The molecule has 2 saturated carbocycles. The molecule has 2 aliphatic carbocycles. The molecule has 2 aliphatic rings. The second kappa shape index (κ2) is 4.26. The number of halogens is 1. The van der Waals surface area contributed by atoms with Crippen molar-refractivity contribution in [2.45, 2.75) is 32.1 Å². The fraction of sp³-hybridized carbons (Fsp3) is 0.615. The zero-order chi connectivity index (χ0) is 11.1. The van der Waals surface area contributed by atoms with E-state index in [1.54, 1.807) is 11.3 Å².